The molecule has 0 aliphatic carbocycles. The van der Waals surface area contributed by atoms with Crippen LogP contribution in [-0.4, -0.2) is 18.9 Å². The maximum absolute atomic E-state index is 5.56. The fraction of sp³-hybridized carbons (Fsp3) is 0. The number of fused-ring (bicyclic) bond motifs is 14. The number of nitrogens with zero attached hydrogens (tertiary/aromatic N) is 4. The standard InChI is InChI=1S/C46H26N4/c1-2-14-28-27(13-1)25-36(30-16-4-3-15-29(28)30)45-47-37-21-9-5-18-32(37)46(48-45)50-40-24-12-7-19-33(40)42-41(50)26-35-31-17-6-10-22-38(31)49-39-23-11-8-20-34(39)43(42)44(35)49/h1-26H. The minimum Gasteiger partial charge on any atom is -0.308 e. The van der Waals surface area contributed by atoms with Crippen molar-refractivity contribution >= 4 is 92.3 Å². The molecule has 4 heteroatoms. The van der Waals surface area contributed by atoms with Gasteiger partial charge in [0.1, 0.15) is 5.82 Å². The molecule has 0 bridgehead atoms. The maximum Gasteiger partial charge on any atom is 0.162 e. The predicted octanol–water partition coefficient (Wildman–Crippen LogP) is 11.9. The molecule has 0 N–H and O–H groups in total. The van der Waals surface area contributed by atoms with Crippen molar-refractivity contribution in [2.45, 2.75) is 0 Å². The molecule has 0 aliphatic heterocycles. The number of aromatic nitrogens is 4. The Kier molecular flexibility index (Phi) is 4.94. The van der Waals surface area contributed by atoms with Crippen molar-refractivity contribution < 1.29 is 0 Å². The lowest BCUT2D eigenvalue weighted by atomic mass is 9.97. The van der Waals surface area contributed by atoms with Crippen LogP contribution in [0.3, 0.4) is 0 Å². The molecule has 0 spiro atoms. The molecule has 12 aromatic rings. The van der Waals surface area contributed by atoms with Crippen LogP contribution >= 0.6 is 0 Å². The lowest BCUT2D eigenvalue weighted by molar-refractivity contribution is 1.08. The second-order valence-electron chi connectivity index (χ2n) is 13.3. The Morgan fingerprint density at radius 2 is 0.960 bits per heavy atom. The van der Waals surface area contributed by atoms with Crippen LogP contribution in [0.15, 0.2) is 158 Å². The van der Waals surface area contributed by atoms with Crippen molar-refractivity contribution in [1.29, 1.82) is 0 Å². The van der Waals surface area contributed by atoms with E-state index in [1.54, 1.807) is 0 Å². The molecule has 0 saturated carbocycles. The van der Waals surface area contributed by atoms with Gasteiger partial charge in [-0.25, -0.2) is 9.97 Å². The molecular weight excluding hydrogens is 609 g/mol. The van der Waals surface area contributed by atoms with Gasteiger partial charge in [0.05, 0.1) is 33.1 Å². The van der Waals surface area contributed by atoms with E-state index in [4.69, 9.17) is 9.97 Å². The predicted molar refractivity (Wildman–Crippen MR) is 209 cm³/mol. The van der Waals surface area contributed by atoms with Gasteiger partial charge in [0.25, 0.3) is 0 Å². The van der Waals surface area contributed by atoms with Crippen LogP contribution in [-0.2, 0) is 0 Å². The van der Waals surface area contributed by atoms with E-state index in [2.05, 4.69) is 167 Å². The largest absolute Gasteiger partial charge is 0.308 e. The topological polar surface area (TPSA) is 35.1 Å². The molecule has 230 valence electrons. The van der Waals surface area contributed by atoms with Gasteiger partial charge >= 0.3 is 0 Å². The number of hydrogen-bond acceptors (Lipinski definition) is 2. The first-order valence-electron chi connectivity index (χ1n) is 17.1. The average molecular weight is 635 g/mol. The summed E-state index contributed by atoms with van der Waals surface area (Å²) in [5.41, 5.74) is 7.97. The highest BCUT2D eigenvalue weighted by atomic mass is 15.1. The van der Waals surface area contributed by atoms with Crippen LogP contribution in [0, 0.1) is 0 Å². The second-order valence-corrected chi connectivity index (χ2v) is 13.3. The third-order valence-corrected chi connectivity index (χ3v) is 10.8. The van der Waals surface area contributed by atoms with Gasteiger partial charge in [0.2, 0.25) is 0 Å². The monoisotopic (exact) mass is 634 g/mol. The molecule has 8 aromatic carbocycles. The van der Waals surface area contributed by atoms with Crippen LogP contribution in [0.1, 0.15) is 0 Å². The van der Waals surface area contributed by atoms with Gasteiger partial charge < -0.3 is 4.40 Å². The van der Waals surface area contributed by atoms with E-state index >= 15 is 0 Å². The lowest BCUT2D eigenvalue weighted by Crippen LogP contribution is -2.03. The van der Waals surface area contributed by atoms with Gasteiger partial charge in [0.15, 0.2) is 5.82 Å². The fourth-order valence-corrected chi connectivity index (χ4v) is 8.78. The third-order valence-electron chi connectivity index (χ3n) is 10.8. The molecule has 4 nitrogen and oxygen atoms in total. The first kappa shape index (κ1) is 26.2. The van der Waals surface area contributed by atoms with Crippen LogP contribution in [0.4, 0.5) is 0 Å². The van der Waals surface area contributed by atoms with E-state index in [0.29, 0.717) is 0 Å². The molecule has 0 fully saturated rings. The van der Waals surface area contributed by atoms with Crippen molar-refractivity contribution in [3.63, 3.8) is 0 Å². The van der Waals surface area contributed by atoms with Gasteiger partial charge in [-0.3, -0.25) is 4.57 Å². The van der Waals surface area contributed by atoms with Crippen molar-refractivity contribution in [3.8, 4) is 17.2 Å². The van der Waals surface area contributed by atoms with E-state index in [9.17, 15) is 0 Å². The first-order chi connectivity index (χ1) is 24.8. The number of rotatable bonds is 2. The van der Waals surface area contributed by atoms with Crippen molar-refractivity contribution in [2.75, 3.05) is 0 Å². The zero-order valence-corrected chi connectivity index (χ0v) is 26.8. The lowest BCUT2D eigenvalue weighted by Gasteiger charge is -2.14. The van der Waals surface area contributed by atoms with Crippen molar-refractivity contribution in [1.82, 2.24) is 18.9 Å². The summed E-state index contributed by atoms with van der Waals surface area (Å²) in [5.74, 6) is 1.61. The Morgan fingerprint density at radius 1 is 0.380 bits per heavy atom. The molecule has 0 aliphatic rings. The molecule has 50 heavy (non-hydrogen) atoms. The van der Waals surface area contributed by atoms with Gasteiger partial charge in [-0.2, -0.15) is 0 Å². The number of benzene rings is 8. The number of hydrogen-bond donors (Lipinski definition) is 0. The summed E-state index contributed by atoms with van der Waals surface area (Å²) in [7, 11) is 0. The fourth-order valence-electron chi connectivity index (χ4n) is 8.78. The quantitative estimate of drug-likeness (QED) is 0.177. The summed E-state index contributed by atoms with van der Waals surface area (Å²) >= 11 is 0. The summed E-state index contributed by atoms with van der Waals surface area (Å²) in [4.78, 5) is 10.8. The van der Waals surface area contributed by atoms with Crippen molar-refractivity contribution in [2.24, 2.45) is 0 Å². The van der Waals surface area contributed by atoms with Crippen LogP contribution in [0.2, 0.25) is 0 Å². The Morgan fingerprint density at radius 3 is 1.76 bits per heavy atom. The van der Waals surface area contributed by atoms with E-state index in [-0.39, 0.29) is 0 Å². The van der Waals surface area contributed by atoms with Crippen LogP contribution < -0.4 is 0 Å². The SMILES string of the molecule is c1ccc2c(c1)cc(-c1nc(-n3c4ccccc4c4c5c6ccccc6n6c7ccccc7c(cc43)c56)c3ccccc3n1)c1ccccc12. The van der Waals surface area contributed by atoms with Crippen molar-refractivity contribution in [3.05, 3.63) is 158 Å². The normalized spacial score (nSPS) is 12.4. The molecule has 0 saturated heterocycles. The number of para-hydroxylation sites is 4. The average Bonchev–Trinajstić information content (AvgIpc) is 3.81. The molecule has 0 unspecified atom stereocenters. The summed E-state index contributed by atoms with van der Waals surface area (Å²) in [5, 5.41) is 13.3. The van der Waals surface area contributed by atoms with Gasteiger partial charge in [0, 0.05) is 43.3 Å². The summed E-state index contributed by atoms with van der Waals surface area (Å²) < 4.78 is 4.86. The highest BCUT2D eigenvalue weighted by molar-refractivity contribution is 6.35. The minimum absolute atomic E-state index is 0.721. The zero-order valence-electron chi connectivity index (χ0n) is 26.8. The van der Waals surface area contributed by atoms with Crippen LogP contribution in [0.5, 0.6) is 0 Å². The summed E-state index contributed by atoms with van der Waals surface area (Å²) in [6.45, 7) is 0. The zero-order chi connectivity index (χ0) is 32.5. The molecule has 0 atom stereocenters. The summed E-state index contributed by atoms with van der Waals surface area (Å²) in [6, 6.07) is 56.8. The highest BCUT2D eigenvalue weighted by Gasteiger charge is 2.25. The Hall–Kier alpha value is -6.78. The van der Waals surface area contributed by atoms with Gasteiger partial charge in [-0.15, -0.1) is 0 Å². The molecule has 4 aromatic heterocycles. The molecule has 0 amide bonds. The van der Waals surface area contributed by atoms with E-state index < -0.39 is 0 Å². The van der Waals surface area contributed by atoms with E-state index in [1.165, 1.54) is 65.0 Å². The highest BCUT2D eigenvalue weighted by Crippen LogP contribution is 2.47. The Labute approximate surface area is 285 Å². The first-order valence-corrected chi connectivity index (χ1v) is 17.1. The van der Waals surface area contributed by atoms with E-state index in [1.807, 2.05) is 0 Å². The smallest absolute Gasteiger partial charge is 0.162 e. The van der Waals surface area contributed by atoms with Crippen LogP contribution in [0.25, 0.3) is 110 Å². The van der Waals surface area contributed by atoms with Gasteiger partial charge in [-0.1, -0.05) is 115 Å². The third kappa shape index (κ3) is 3.25. The molecule has 4 heterocycles. The Bertz CT molecular complexity index is 3380. The van der Waals surface area contributed by atoms with E-state index in [0.717, 1.165) is 44.5 Å². The second kappa shape index (κ2) is 9.43. The molecule has 0 radical (unpaired) electrons. The Balaban J connectivity index is 1.29. The van der Waals surface area contributed by atoms with Gasteiger partial charge in [-0.05, 0) is 64.0 Å². The summed E-state index contributed by atoms with van der Waals surface area (Å²) in [6.07, 6.45) is 0. The minimum atomic E-state index is 0.721. The molecular formula is C46H26N4. The molecule has 12 rings (SSSR count). The maximum atomic E-state index is 5.56.